The Morgan fingerprint density at radius 1 is 1.00 bits per heavy atom. The number of hydrogen-bond acceptors (Lipinski definition) is 2. The van der Waals surface area contributed by atoms with E-state index in [0.717, 1.165) is 12.5 Å². The maximum absolute atomic E-state index is 3.83. The Bertz CT molecular complexity index is 215. The second-order valence-corrected chi connectivity index (χ2v) is 6.17. The van der Waals surface area contributed by atoms with Crippen molar-refractivity contribution in [3.8, 4) is 0 Å². The molecule has 1 fully saturated rings. The van der Waals surface area contributed by atoms with E-state index in [1.165, 1.54) is 44.9 Å². The summed E-state index contributed by atoms with van der Waals surface area (Å²) in [5.41, 5.74) is 0.394. The molecule has 1 aliphatic carbocycles. The summed E-state index contributed by atoms with van der Waals surface area (Å²) < 4.78 is 0. The molecule has 1 aliphatic rings. The third-order valence-corrected chi connectivity index (χ3v) is 5.13. The first-order valence-corrected chi connectivity index (χ1v) is 8.03. The van der Waals surface area contributed by atoms with Crippen LogP contribution in [0.5, 0.6) is 0 Å². The van der Waals surface area contributed by atoms with Gasteiger partial charge >= 0.3 is 0 Å². The van der Waals surface area contributed by atoms with E-state index < -0.39 is 0 Å². The van der Waals surface area contributed by atoms with Crippen LogP contribution in [-0.2, 0) is 0 Å². The Balaban J connectivity index is 2.96. The van der Waals surface area contributed by atoms with E-state index in [0.29, 0.717) is 11.6 Å². The summed E-state index contributed by atoms with van der Waals surface area (Å²) in [4.78, 5) is 2.53. The van der Waals surface area contributed by atoms with E-state index >= 15 is 0 Å². The van der Waals surface area contributed by atoms with E-state index in [1.54, 1.807) is 0 Å². The maximum Gasteiger partial charge on any atom is 0.0359 e. The maximum atomic E-state index is 3.83. The molecule has 0 aromatic rings. The highest BCUT2D eigenvalue weighted by Crippen LogP contribution is 2.39. The SMILES string of the molecule is CCNC(C(CC)CC)C1(N(C)C)CCCCC1. The molecule has 1 rings (SSSR count). The van der Waals surface area contributed by atoms with Gasteiger partial charge in [-0.2, -0.15) is 0 Å². The highest BCUT2D eigenvalue weighted by atomic mass is 15.2. The molecule has 0 radical (unpaired) electrons. The van der Waals surface area contributed by atoms with Crippen molar-refractivity contribution in [3.05, 3.63) is 0 Å². The lowest BCUT2D eigenvalue weighted by atomic mass is 9.70. The van der Waals surface area contributed by atoms with Gasteiger partial charge in [0.15, 0.2) is 0 Å². The smallest absolute Gasteiger partial charge is 0.0359 e. The van der Waals surface area contributed by atoms with E-state index in [-0.39, 0.29) is 0 Å². The lowest BCUT2D eigenvalue weighted by Gasteiger charge is -2.51. The lowest BCUT2D eigenvalue weighted by Crippen LogP contribution is -2.62. The molecule has 0 aromatic carbocycles. The fourth-order valence-electron chi connectivity index (χ4n) is 3.98. The van der Waals surface area contributed by atoms with Crippen LogP contribution in [0.25, 0.3) is 0 Å². The van der Waals surface area contributed by atoms with E-state index in [2.05, 4.69) is 45.1 Å². The largest absolute Gasteiger partial charge is 0.312 e. The van der Waals surface area contributed by atoms with Gasteiger partial charge < -0.3 is 10.2 Å². The molecule has 0 heterocycles. The number of rotatable bonds is 7. The van der Waals surface area contributed by atoms with Crippen LogP contribution >= 0.6 is 0 Å². The minimum atomic E-state index is 0.394. The van der Waals surface area contributed by atoms with Crippen LogP contribution in [0.1, 0.15) is 65.7 Å². The highest BCUT2D eigenvalue weighted by molar-refractivity contribution is 5.02. The quantitative estimate of drug-likeness (QED) is 0.746. The second kappa shape index (κ2) is 7.49. The van der Waals surface area contributed by atoms with Gasteiger partial charge in [0.05, 0.1) is 0 Å². The molecular formula is C16H34N2. The zero-order valence-electron chi connectivity index (χ0n) is 13.3. The molecule has 108 valence electrons. The fourth-order valence-corrected chi connectivity index (χ4v) is 3.98. The van der Waals surface area contributed by atoms with Gasteiger partial charge in [0.2, 0.25) is 0 Å². The summed E-state index contributed by atoms with van der Waals surface area (Å²) >= 11 is 0. The van der Waals surface area contributed by atoms with Crippen molar-refractivity contribution >= 4 is 0 Å². The summed E-state index contributed by atoms with van der Waals surface area (Å²) in [6, 6.07) is 0.660. The zero-order valence-corrected chi connectivity index (χ0v) is 13.3. The second-order valence-electron chi connectivity index (χ2n) is 6.17. The first-order chi connectivity index (χ1) is 8.62. The molecule has 1 N–H and O–H groups in total. The Morgan fingerprint density at radius 3 is 1.94 bits per heavy atom. The molecule has 0 bridgehead atoms. The van der Waals surface area contributed by atoms with Gasteiger partial charge in [0.25, 0.3) is 0 Å². The number of nitrogens with one attached hydrogen (secondary N) is 1. The Labute approximate surface area is 115 Å². The minimum Gasteiger partial charge on any atom is -0.312 e. The molecule has 0 amide bonds. The third kappa shape index (κ3) is 3.27. The number of likely N-dealkylation sites (N-methyl/N-ethyl adjacent to an activating group) is 2. The van der Waals surface area contributed by atoms with Gasteiger partial charge in [-0.1, -0.05) is 52.9 Å². The number of nitrogens with zero attached hydrogens (tertiary/aromatic N) is 1. The van der Waals surface area contributed by atoms with Crippen LogP contribution in [-0.4, -0.2) is 37.1 Å². The molecule has 0 aliphatic heterocycles. The number of hydrogen-bond donors (Lipinski definition) is 1. The van der Waals surface area contributed by atoms with E-state index in [9.17, 15) is 0 Å². The molecule has 1 saturated carbocycles. The summed E-state index contributed by atoms with van der Waals surface area (Å²) in [7, 11) is 4.58. The van der Waals surface area contributed by atoms with Crippen molar-refractivity contribution in [2.45, 2.75) is 77.3 Å². The first kappa shape index (κ1) is 16.0. The fraction of sp³-hybridized carbons (Fsp3) is 1.00. The molecule has 2 heteroatoms. The van der Waals surface area contributed by atoms with Gasteiger partial charge in [-0.15, -0.1) is 0 Å². The topological polar surface area (TPSA) is 15.3 Å². The van der Waals surface area contributed by atoms with Crippen LogP contribution in [0.15, 0.2) is 0 Å². The Kier molecular flexibility index (Phi) is 6.65. The monoisotopic (exact) mass is 254 g/mol. The van der Waals surface area contributed by atoms with Gasteiger partial charge in [0.1, 0.15) is 0 Å². The van der Waals surface area contributed by atoms with Crippen LogP contribution < -0.4 is 5.32 Å². The lowest BCUT2D eigenvalue weighted by molar-refractivity contribution is 0.0309. The van der Waals surface area contributed by atoms with Gasteiger partial charge in [-0.25, -0.2) is 0 Å². The molecule has 1 atom stereocenters. The van der Waals surface area contributed by atoms with Gasteiger partial charge in [-0.05, 0) is 39.4 Å². The van der Waals surface area contributed by atoms with E-state index in [4.69, 9.17) is 0 Å². The first-order valence-electron chi connectivity index (χ1n) is 8.03. The van der Waals surface area contributed by atoms with Crippen molar-refractivity contribution in [2.75, 3.05) is 20.6 Å². The molecule has 0 aromatic heterocycles. The molecule has 1 unspecified atom stereocenters. The van der Waals surface area contributed by atoms with Crippen LogP contribution in [0.4, 0.5) is 0 Å². The van der Waals surface area contributed by atoms with Gasteiger partial charge in [-0.3, -0.25) is 0 Å². The average Bonchev–Trinajstić information content (AvgIpc) is 2.39. The summed E-state index contributed by atoms with van der Waals surface area (Å²) in [5, 5.41) is 3.83. The Hall–Kier alpha value is -0.0800. The summed E-state index contributed by atoms with van der Waals surface area (Å²) in [6.07, 6.45) is 9.56. The molecule has 0 saturated heterocycles. The third-order valence-electron chi connectivity index (χ3n) is 5.13. The predicted molar refractivity (Wildman–Crippen MR) is 81.0 cm³/mol. The molecule has 0 spiro atoms. The van der Waals surface area contributed by atoms with Crippen molar-refractivity contribution < 1.29 is 0 Å². The van der Waals surface area contributed by atoms with Gasteiger partial charge in [0, 0.05) is 11.6 Å². The Morgan fingerprint density at radius 2 is 1.56 bits per heavy atom. The van der Waals surface area contributed by atoms with Crippen LogP contribution in [0, 0.1) is 5.92 Å². The van der Waals surface area contributed by atoms with Crippen molar-refractivity contribution in [3.63, 3.8) is 0 Å². The van der Waals surface area contributed by atoms with Crippen LogP contribution in [0.3, 0.4) is 0 Å². The predicted octanol–water partition coefficient (Wildman–Crippen LogP) is 3.67. The standard InChI is InChI=1S/C16H34N2/c1-6-14(7-2)15(17-8-3)16(18(4)5)12-10-9-11-13-16/h14-15,17H,6-13H2,1-5H3. The minimum absolute atomic E-state index is 0.394. The van der Waals surface area contributed by atoms with Crippen LogP contribution in [0.2, 0.25) is 0 Å². The molecule has 18 heavy (non-hydrogen) atoms. The average molecular weight is 254 g/mol. The molecular weight excluding hydrogens is 220 g/mol. The van der Waals surface area contributed by atoms with Crippen molar-refractivity contribution in [1.29, 1.82) is 0 Å². The highest BCUT2D eigenvalue weighted by Gasteiger charge is 2.43. The zero-order chi connectivity index (χ0) is 13.6. The summed E-state index contributed by atoms with van der Waals surface area (Å²) in [6.45, 7) is 8.05. The molecule has 2 nitrogen and oxygen atoms in total. The van der Waals surface area contributed by atoms with E-state index in [1.807, 2.05) is 0 Å². The summed E-state index contributed by atoms with van der Waals surface area (Å²) in [5.74, 6) is 0.811. The van der Waals surface area contributed by atoms with Crippen molar-refractivity contribution in [1.82, 2.24) is 10.2 Å². The van der Waals surface area contributed by atoms with Crippen molar-refractivity contribution in [2.24, 2.45) is 5.92 Å². The normalized spacial score (nSPS) is 21.5.